The smallest absolute Gasteiger partial charge is 0.126 e. The Morgan fingerprint density at radius 3 is 2.22 bits per heavy atom. The van der Waals surface area contributed by atoms with Gasteiger partial charge in [0, 0.05) is 12.1 Å². The van der Waals surface area contributed by atoms with Crippen molar-refractivity contribution in [2.24, 2.45) is 23.5 Å². The Labute approximate surface area is 107 Å². The fourth-order valence-corrected chi connectivity index (χ4v) is 2.96. The Balaban J connectivity index is 2.13. The highest BCUT2D eigenvalue weighted by Crippen LogP contribution is 2.38. The summed E-state index contributed by atoms with van der Waals surface area (Å²) in [6.07, 6.45) is 3.24. The van der Waals surface area contributed by atoms with E-state index in [-0.39, 0.29) is 6.04 Å². The lowest BCUT2D eigenvalue weighted by Gasteiger charge is -2.35. The van der Waals surface area contributed by atoms with Gasteiger partial charge in [0.25, 0.3) is 0 Å². The van der Waals surface area contributed by atoms with Crippen LogP contribution in [0.1, 0.15) is 44.7 Å². The molecule has 4 atom stereocenters. The molecule has 1 aromatic carbocycles. The van der Waals surface area contributed by atoms with Crippen LogP contribution in [0.25, 0.3) is 0 Å². The van der Waals surface area contributed by atoms with E-state index in [1.54, 1.807) is 0 Å². The molecule has 0 radical (unpaired) electrons. The summed E-state index contributed by atoms with van der Waals surface area (Å²) in [5.74, 6) is 0.596. The Hall–Kier alpha value is -0.960. The van der Waals surface area contributed by atoms with Crippen molar-refractivity contribution in [3.05, 3.63) is 35.4 Å². The van der Waals surface area contributed by atoms with Gasteiger partial charge in [-0.05, 0) is 48.3 Å². The monoisotopic (exact) mass is 253 g/mol. The molecule has 0 saturated heterocycles. The molecule has 0 bridgehead atoms. The van der Waals surface area contributed by atoms with E-state index < -0.39 is 11.6 Å². The van der Waals surface area contributed by atoms with Crippen LogP contribution >= 0.6 is 0 Å². The van der Waals surface area contributed by atoms with Crippen molar-refractivity contribution >= 4 is 0 Å². The van der Waals surface area contributed by atoms with Crippen LogP contribution in [0.5, 0.6) is 0 Å². The molecule has 2 rings (SSSR count). The van der Waals surface area contributed by atoms with Crippen LogP contribution in [-0.4, -0.2) is 0 Å². The molecule has 4 unspecified atom stereocenters. The van der Waals surface area contributed by atoms with Gasteiger partial charge in [0.2, 0.25) is 0 Å². The molecule has 1 aromatic rings. The first kappa shape index (κ1) is 13.5. The second kappa shape index (κ2) is 5.35. The van der Waals surface area contributed by atoms with E-state index >= 15 is 0 Å². The second-order valence-corrected chi connectivity index (χ2v) is 5.76. The zero-order chi connectivity index (χ0) is 13.3. The molecule has 3 heteroatoms. The summed E-state index contributed by atoms with van der Waals surface area (Å²) < 4.78 is 26.4. The molecule has 1 aliphatic carbocycles. The highest BCUT2D eigenvalue weighted by molar-refractivity contribution is 5.22. The quantitative estimate of drug-likeness (QED) is 0.845. The summed E-state index contributed by atoms with van der Waals surface area (Å²) >= 11 is 0. The molecule has 1 fully saturated rings. The zero-order valence-electron chi connectivity index (χ0n) is 11.0. The van der Waals surface area contributed by atoms with Gasteiger partial charge in [0.05, 0.1) is 0 Å². The third kappa shape index (κ3) is 2.89. The molecule has 1 saturated carbocycles. The second-order valence-electron chi connectivity index (χ2n) is 5.76. The van der Waals surface area contributed by atoms with Crippen molar-refractivity contribution in [3.63, 3.8) is 0 Å². The number of benzene rings is 1. The molecule has 0 aromatic heterocycles. The summed E-state index contributed by atoms with van der Waals surface area (Å²) in [5, 5.41) is 0. The third-order valence-corrected chi connectivity index (χ3v) is 4.42. The molecule has 0 aliphatic heterocycles. The average molecular weight is 253 g/mol. The van der Waals surface area contributed by atoms with Gasteiger partial charge in [-0.2, -0.15) is 0 Å². The van der Waals surface area contributed by atoms with E-state index in [0.29, 0.717) is 17.4 Å². The third-order valence-electron chi connectivity index (χ3n) is 4.42. The van der Waals surface area contributed by atoms with Crippen molar-refractivity contribution in [2.75, 3.05) is 0 Å². The van der Waals surface area contributed by atoms with Gasteiger partial charge in [-0.3, -0.25) is 0 Å². The Morgan fingerprint density at radius 1 is 1.06 bits per heavy atom. The van der Waals surface area contributed by atoms with Gasteiger partial charge in [0.15, 0.2) is 0 Å². The molecular formula is C15H21F2N. The molecule has 0 spiro atoms. The zero-order valence-corrected chi connectivity index (χ0v) is 11.0. The van der Waals surface area contributed by atoms with Crippen LogP contribution in [0.4, 0.5) is 8.78 Å². The molecule has 0 amide bonds. The Kier molecular flexibility index (Phi) is 4.00. The first-order valence-corrected chi connectivity index (χ1v) is 6.69. The maximum absolute atomic E-state index is 13.2. The SMILES string of the molecule is CC1CCC(C(N)c2cc(F)cc(F)c2)CC1C. The topological polar surface area (TPSA) is 26.0 Å². The van der Waals surface area contributed by atoms with Crippen molar-refractivity contribution in [2.45, 2.75) is 39.2 Å². The van der Waals surface area contributed by atoms with Gasteiger partial charge >= 0.3 is 0 Å². The van der Waals surface area contributed by atoms with Crippen molar-refractivity contribution in [1.29, 1.82) is 0 Å². The number of rotatable bonds is 2. The van der Waals surface area contributed by atoms with E-state index in [1.165, 1.54) is 12.1 Å². The summed E-state index contributed by atoms with van der Waals surface area (Å²) in [4.78, 5) is 0. The van der Waals surface area contributed by atoms with E-state index in [1.807, 2.05) is 0 Å². The van der Waals surface area contributed by atoms with Crippen molar-refractivity contribution in [1.82, 2.24) is 0 Å². The normalized spacial score (nSPS) is 30.2. The van der Waals surface area contributed by atoms with E-state index in [2.05, 4.69) is 13.8 Å². The molecular weight excluding hydrogens is 232 g/mol. The highest BCUT2D eigenvalue weighted by Gasteiger charge is 2.29. The van der Waals surface area contributed by atoms with E-state index in [9.17, 15) is 8.78 Å². The predicted molar refractivity (Wildman–Crippen MR) is 69.0 cm³/mol. The summed E-state index contributed by atoms with van der Waals surface area (Å²) in [6.45, 7) is 4.49. The van der Waals surface area contributed by atoms with Crippen LogP contribution < -0.4 is 5.73 Å². The largest absolute Gasteiger partial charge is 0.324 e. The summed E-state index contributed by atoms with van der Waals surface area (Å²) in [6, 6.07) is 3.35. The van der Waals surface area contributed by atoms with Gasteiger partial charge in [-0.25, -0.2) is 8.78 Å². The lowest BCUT2D eigenvalue weighted by atomic mass is 9.72. The fraction of sp³-hybridized carbons (Fsp3) is 0.600. The van der Waals surface area contributed by atoms with Gasteiger partial charge < -0.3 is 5.73 Å². The first-order valence-electron chi connectivity index (χ1n) is 6.69. The first-order chi connectivity index (χ1) is 8.47. The molecule has 18 heavy (non-hydrogen) atoms. The van der Waals surface area contributed by atoms with Crippen LogP contribution in [-0.2, 0) is 0 Å². The van der Waals surface area contributed by atoms with E-state index in [4.69, 9.17) is 5.73 Å². The van der Waals surface area contributed by atoms with Gasteiger partial charge in [-0.1, -0.05) is 20.3 Å². The Morgan fingerprint density at radius 2 is 1.67 bits per heavy atom. The molecule has 100 valence electrons. The van der Waals surface area contributed by atoms with Gasteiger partial charge in [-0.15, -0.1) is 0 Å². The number of hydrogen-bond acceptors (Lipinski definition) is 1. The molecule has 1 aliphatic rings. The number of nitrogens with two attached hydrogens (primary N) is 1. The number of hydrogen-bond donors (Lipinski definition) is 1. The van der Waals surface area contributed by atoms with Crippen LogP contribution in [0, 0.1) is 29.4 Å². The lowest BCUT2D eigenvalue weighted by molar-refractivity contribution is 0.186. The minimum atomic E-state index is -0.544. The maximum Gasteiger partial charge on any atom is 0.126 e. The molecule has 0 heterocycles. The lowest BCUT2D eigenvalue weighted by Crippen LogP contribution is -2.29. The highest BCUT2D eigenvalue weighted by atomic mass is 19.1. The fourth-order valence-electron chi connectivity index (χ4n) is 2.96. The predicted octanol–water partition coefficient (Wildman–Crippen LogP) is 4.04. The standard InChI is InChI=1S/C15H21F2N/c1-9-3-4-11(5-10(9)2)15(18)12-6-13(16)8-14(17)7-12/h6-11,15H,3-5,18H2,1-2H3. The summed E-state index contributed by atoms with van der Waals surface area (Å²) in [5.41, 5.74) is 6.76. The molecule has 2 N–H and O–H groups in total. The van der Waals surface area contributed by atoms with Gasteiger partial charge in [0.1, 0.15) is 11.6 Å². The van der Waals surface area contributed by atoms with Crippen molar-refractivity contribution < 1.29 is 8.78 Å². The Bertz CT molecular complexity index is 399. The van der Waals surface area contributed by atoms with Crippen LogP contribution in [0.2, 0.25) is 0 Å². The average Bonchev–Trinajstić information content (AvgIpc) is 2.30. The maximum atomic E-state index is 13.2. The number of halogens is 2. The minimum Gasteiger partial charge on any atom is -0.324 e. The molecule has 1 nitrogen and oxygen atoms in total. The van der Waals surface area contributed by atoms with E-state index in [0.717, 1.165) is 31.2 Å². The van der Waals surface area contributed by atoms with Crippen LogP contribution in [0.3, 0.4) is 0 Å². The minimum absolute atomic E-state index is 0.259. The van der Waals surface area contributed by atoms with Crippen LogP contribution in [0.15, 0.2) is 18.2 Å². The summed E-state index contributed by atoms with van der Waals surface area (Å²) in [7, 11) is 0. The van der Waals surface area contributed by atoms with Crippen molar-refractivity contribution in [3.8, 4) is 0 Å².